The summed E-state index contributed by atoms with van der Waals surface area (Å²) >= 11 is 0. The van der Waals surface area contributed by atoms with Crippen LogP contribution in [-0.4, -0.2) is 49.5 Å². The van der Waals surface area contributed by atoms with E-state index in [4.69, 9.17) is 9.47 Å². The van der Waals surface area contributed by atoms with E-state index in [1.165, 1.54) is 11.9 Å². The van der Waals surface area contributed by atoms with Crippen LogP contribution in [0.3, 0.4) is 0 Å². The standard InChI is InChI=1S/C21H24N2O5/c1-15-8-10-17(11-9-15)22-19(24)12-23(3)20(25)13-28-21(26)14-27-18-7-5-4-6-16(18)2/h4-11H,12-14H2,1-3H3,(H,22,24). The number of anilines is 1. The second-order valence-corrected chi connectivity index (χ2v) is 6.38. The molecule has 1 N–H and O–H groups in total. The Kier molecular flexibility index (Phi) is 7.56. The van der Waals surface area contributed by atoms with Gasteiger partial charge in [0.15, 0.2) is 13.2 Å². The topological polar surface area (TPSA) is 84.9 Å². The lowest BCUT2D eigenvalue weighted by atomic mass is 10.2. The second kappa shape index (κ2) is 10.1. The number of carbonyl (C=O) groups excluding carboxylic acids is 3. The van der Waals surface area contributed by atoms with Crippen molar-refractivity contribution in [1.82, 2.24) is 4.90 Å². The van der Waals surface area contributed by atoms with Crippen molar-refractivity contribution in [2.45, 2.75) is 13.8 Å². The first-order valence-corrected chi connectivity index (χ1v) is 8.79. The summed E-state index contributed by atoms with van der Waals surface area (Å²) < 4.78 is 10.3. The van der Waals surface area contributed by atoms with Crippen LogP contribution in [0.4, 0.5) is 5.69 Å². The number of carbonyl (C=O) groups is 3. The van der Waals surface area contributed by atoms with Crippen molar-refractivity contribution in [1.29, 1.82) is 0 Å². The van der Waals surface area contributed by atoms with Crippen molar-refractivity contribution in [3.63, 3.8) is 0 Å². The number of para-hydroxylation sites is 1. The van der Waals surface area contributed by atoms with Gasteiger partial charge in [0.25, 0.3) is 5.91 Å². The van der Waals surface area contributed by atoms with Crippen LogP contribution in [0, 0.1) is 13.8 Å². The molecule has 0 aliphatic rings. The van der Waals surface area contributed by atoms with Gasteiger partial charge in [0.1, 0.15) is 5.75 Å². The van der Waals surface area contributed by atoms with E-state index in [2.05, 4.69) is 5.32 Å². The molecule has 7 nitrogen and oxygen atoms in total. The van der Waals surface area contributed by atoms with E-state index in [0.29, 0.717) is 11.4 Å². The quantitative estimate of drug-likeness (QED) is 0.706. The third-order valence-electron chi connectivity index (χ3n) is 3.94. The van der Waals surface area contributed by atoms with E-state index in [1.807, 2.05) is 38.1 Å². The lowest BCUT2D eigenvalue weighted by Crippen LogP contribution is -2.37. The number of hydrogen-bond donors (Lipinski definition) is 1. The first-order chi connectivity index (χ1) is 13.3. The third-order valence-corrected chi connectivity index (χ3v) is 3.94. The van der Waals surface area contributed by atoms with Gasteiger partial charge >= 0.3 is 5.97 Å². The molecule has 7 heteroatoms. The van der Waals surface area contributed by atoms with E-state index in [1.54, 1.807) is 24.3 Å². The largest absolute Gasteiger partial charge is 0.482 e. The zero-order valence-corrected chi connectivity index (χ0v) is 16.2. The molecule has 0 aromatic heterocycles. The highest BCUT2D eigenvalue weighted by Gasteiger charge is 2.15. The van der Waals surface area contributed by atoms with Gasteiger partial charge < -0.3 is 19.7 Å². The molecular formula is C21H24N2O5. The Labute approximate surface area is 164 Å². The summed E-state index contributed by atoms with van der Waals surface area (Å²) in [5.74, 6) is -0.901. The van der Waals surface area contributed by atoms with Gasteiger partial charge in [-0.25, -0.2) is 4.79 Å². The van der Waals surface area contributed by atoms with Gasteiger partial charge in [0, 0.05) is 12.7 Å². The summed E-state index contributed by atoms with van der Waals surface area (Å²) in [6, 6.07) is 14.6. The predicted molar refractivity (Wildman–Crippen MR) is 105 cm³/mol. The fourth-order valence-corrected chi connectivity index (χ4v) is 2.29. The fraction of sp³-hybridized carbons (Fsp3) is 0.286. The summed E-state index contributed by atoms with van der Waals surface area (Å²) in [4.78, 5) is 37.0. The number of nitrogens with zero attached hydrogens (tertiary/aromatic N) is 1. The molecule has 0 saturated carbocycles. The molecule has 0 aliphatic carbocycles. The van der Waals surface area contributed by atoms with E-state index in [9.17, 15) is 14.4 Å². The highest BCUT2D eigenvalue weighted by atomic mass is 16.6. The van der Waals surface area contributed by atoms with Crippen LogP contribution < -0.4 is 10.1 Å². The maximum Gasteiger partial charge on any atom is 0.344 e. The first-order valence-electron chi connectivity index (χ1n) is 8.79. The number of aryl methyl sites for hydroxylation is 2. The number of likely N-dealkylation sites (N-methyl/N-ethyl adjacent to an activating group) is 1. The van der Waals surface area contributed by atoms with Crippen LogP contribution in [0.1, 0.15) is 11.1 Å². The minimum atomic E-state index is -0.658. The van der Waals surface area contributed by atoms with Gasteiger partial charge in [-0.2, -0.15) is 0 Å². The molecule has 0 fully saturated rings. The summed E-state index contributed by atoms with van der Waals surface area (Å²) in [7, 11) is 1.47. The summed E-state index contributed by atoms with van der Waals surface area (Å²) in [6.45, 7) is 2.91. The lowest BCUT2D eigenvalue weighted by Gasteiger charge is -2.17. The van der Waals surface area contributed by atoms with E-state index in [-0.39, 0.29) is 19.1 Å². The summed E-state index contributed by atoms with van der Waals surface area (Å²) in [5.41, 5.74) is 2.63. The molecule has 2 rings (SSSR count). The Bertz CT molecular complexity index is 833. The van der Waals surface area contributed by atoms with Crippen molar-refractivity contribution in [2.75, 3.05) is 32.1 Å². The minimum Gasteiger partial charge on any atom is -0.482 e. The zero-order valence-electron chi connectivity index (χ0n) is 16.2. The average molecular weight is 384 g/mol. The first kappa shape index (κ1) is 21.0. The van der Waals surface area contributed by atoms with Crippen LogP contribution in [0.15, 0.2) is 48.5 Å². The van der Waals surface area contributed by atoms with E-state index >= 15 is 0 Å². The van der Waals surface area contributed by atoms with Gasteiger partial charge in [-0.05, 0) is 37.6 Å². The van der Waals surface area contributed by atoms with Gasteiger partial charge in [-0.3, -0.25) is 9.59 Å². The molecule has 148 valence electrons. The fourth-order valence-electron chi connectivity index (χ4n) is 2.29. The molecule has 0 spiro atoms. The molecule has 2 amide bonds. The number of benzene rings is 2. The summed E-state index contributed by atoms with van der Waals surface area (Å²) in [5, 5.41) is 2.70. The molecule has 2 aromatic carbocycles. The van der Waals surface area contributed by atoms with Crippen molar-refractivity contribution < 1.29 is 23.9 Å². The van der Waals surface area contributed by atoms with Crippen LogP contribution in [-0.2, 0) is 19.1 Å². The molecule has 0 bridgehead atoms. The number of rotatable bonds is 8. The Morgan fingerprint density at radius 1 is 0.964 bits per heavy atom. The minimum absolute atomic E-state index is 0.149. The number of esters is 1. The highest BCUT2D eigenvalue weighted by Crippen LogP contribution is 2.15. The highest BCUT2D eigenvalue weighted by molar-refractivity contribution is 5.94. The zero-order chi connectivity index (χ0) is 20.5. The number of nitrogens with one attached hydrogen (secondary N) is 1. The number of hydrogen-bond acceptors (Lipinski definition) is 5. The maximum absolute atomic E-state index is 12.0. The second-order valence-electron chi connectivity index (χ2n) is 6.38. The Morgan fingerprint density at radius 2 is 1.64 bits per heavy atom. The molecule has 28 heavy (non-hydrogen) atoms. The van der Waals surface area contributed by atoms with Crippen molar-refractivity contribution in [3.05, 3.63) is 59.7 Å². The van der Waals surface area contributed by atoms with E-state index < -0.39 is 18.5 Å². The number of amides is 2. The molecule has 0 heterocycles. The molecule has 2 aromatic rings. The lowest BCUT2D eigenvalue weighted by molar-refractivity contribution is -0.153. The molecule has 0 radical (unpaired) electrons. The monoisotopic (exact) mass is 384 g/mol. The van der Waals surface area contributed by atoms with Crippen LogP contribution in [0.5, 0.6) is 5.75 Å². The third kappa shape index (κ3) is 6.75. The van der Waals surface area contributed by atoms with Crippen LogP contribution in [0.2, 0.25) is 0 Å². The Balaban J connectivity index is 1.71. The van der Waals surface area contributed by atoms with Crippen LogP contribution in [0.25, 0.3) is 0 Å². The van der Waals surface area contributed by atoms with Gasteiger partial charge in [0.05, 0.1) is 6.54 Å². The average Bonchev–Trinajstić information content (AvgIpc) is 2.67. The van der Waals surface area contributed by atoms with Crippen molar-refractivity contribution in [2.24, 2.45) is 0 Å². The van der Waals surface area contributed by atoms with Crippen molar-refractivity contribution in [3.8, 4) is 5.75 Å². The molecule has 0 saturated heterocycles. The molecule has 0 unspecified atom stereocenters. The molecule has 0 atom stereocenters. The van der Waals surface area contributed by atoms with E-state index in [0.717, 1.165) is 11.1 Å². The van der Waals surface area contributed by atoms with Crippen molar-refractivity contribution >= 4 is 23.5 Å². The smallest absolute Gasteiger partial charge is 0.344 e. The van der Waals surface area contributed by atoms with Crippen LogP contribution >= 0.6 is 0 Å². The maximum atomic E-state index is 12.0. The molecule has 0 aliphatic heterocycles. The Hall–Kier alpha value is -3.35. The Morgan fingerprint density at radius 3 is 2.32 bits per heavy atom. The summed E-state index contributed by atoms with van der Waals surface area (Å²) in [6.07, 6.45) is 0. The number of ether oxygens (including phenoxy) is 2. The SMILES string of the molecule is Cc1ccc(NC(=O)CN(C)C(=O)COC(=O)COc2ccccc2C)cc1. The predicted octanol–water partition coefficient (Wildman–Crippen LogP) is 2.32. The van der Waals surface area contributed by atoms with Gasteiger partial charge in [-0.1, -0.05) is 35.9 Å². The molecular weight excluding hydrogens is 360 g/mol. The van der Waals surface area contributed by atoms with Gasteiger partial charge in [-0.15, -0.1) is 0 Å². The normalized spacial score (nSPS) is 10.1. The van der Waals surface area contributed by atoms with Gasteiger partial charge in [0.2, 0.25) is 5.91 Å².